The van der Waals surface area contributed by atoms with Crippen LogP contribution in [0.15, 0.2) is 0 Å². The van der Waals surface area contributed by atoms with Gasteiger partial charge in [0.05, 0.1) is 12.7 Å². The smallest absolute Gasteiger partial charge is 0.0808 e. The molecular weight excluding hydrogens is 240 g/mol. The molecule has 0 spiro atoms. The molecule has 0 aliphatic carbocycles. The lowest BCUT2D eigenvalue weighted by atomic mass is 9.93. The quantitative estimate of drug-likeness (QED) is 0.649. The average molecular weight is 270 g/mol. The molecule has 0 aromatic carbocycles. The normalized spacial score (nSPS) is 30.2. The van der Waals surface area contributed by atoms with Crippen LogP contribution >= 0.6 is 0 Å². The largest absolute Gasteiger partial charge is 0.394 e. The van der Waals surface area contributed by atoms with Gasteiger partial charge in [-0.05, 0) is 76.5 Å². The molecule has 0 radical (unpaired) electrons. The first-order valence-electron chi connectivity index (χ1n) is 8.02. The molecule has 2 fully saturated rings. The number of hydrogen-bond donors (Lipinski definition) is 3. The monoisotopic (exact) mass is 270 g/mol. The second-order valence-electron chi connectivity index (χ2n) is 6.12. The molecular formula is C15H30N2O2. The number of hydrogen-bond acceptors (Lipinski definition) is 4. The van der Waals surface area contributed by atoms with E-state index in [0.717, 1.165) is 45.0 Å². The first-order valence-corrected chi connectivity index (χ1v) is 8.02. The highest BCUT2D eigenvalue weighted by Gasteiger charge is 2.19. The van der Waals surface area contributed by atoms with Gasteiger partial charge >= 0.3 is 0 Å². The van der Waals surface area contributed by atoms with Crippen LogP contribution in [-0.4, -0.2) is 50.6 Å². The van der Waals surface area contributed by atoms with Crippen LogP contribution < -0.4 is 10.6 Å². The van der Waals surface area contributed by atoms with Crippen LogP contribution in [0, 0.1) is 11.8 Å². The average Bonchev–Trinajstić information content (AvgIpc) is 2.48. The van der Waals surface area contributed by atoms with Crippen molar-refractivity contribution in [1.82, 2.24) is 10.6 Å². The van der Waals surface area contributed by atoms with Gasteiger partial charge in [0, 0.05) is 6.61 Å². The Balaban J connectivity index is 1.58. The number of aliphatic hydroxyl groups is 1. The lowest BCUT2D eigenvalue weighted by molar-refractivity contribution is -0.00933. The third-order valence-electron chi connectivity index (χ3n) is 4.48. The molecule has 112 valence electrons. The fourth-order valence-electron chi connectivity index (χ4n) is 3.26. The second kappa shape index (κ2) is 8.90. The highest BCUT2D eigenvalue weighted by Crippen LogP contribution is 2.19. The maximum Gasteiger partial charge on any atom is 0.0808 e. The Kier molecular flexibility index (Phi) is 7.14. The van der Waals surface area contributed by atoms with Gasteiger partial charge in [-0.15, -0.1) is 0 Å². The fraction of sp³-hybridized carbons (Fsp3) is 1.00. The van der Waals surface area contributed by atoms with Crippen LogP contribution in [0.5, 0.6) is 0 Å². The van der Waals surface area contributed by atoms with Gasteiger partial charge in [0.15, 0.2) is 0 Å². The maximum absolute atomic E-state index is 9.44. The molecule has 0 aromatic heterocycles. The molecule has 0 bridgehead atoms. The van der Waals surface area contributed by atoms with Crippen molar-refractivity contribution >= 4 is 0 Å². The summed E-state index contributed by atoms with van der Waals surface area (Å²) in [5.41, 5.74) is 0. The van der Waals surface area contributed by atoms with E-state index in [2.05, 4.69) is 10.6 Å². The first kappa shape index (κ1) is 15.2. The van der Waals surface area contributed by atoms with E-state index in [1.165, 1.54) is 32.2 Å². The Morgan fingerprint density at radius 3 is 2.32 bits per heavy atom. The summed E-state index contributed by atoms with van der Waals surface area (Å²) in [5, 5.41) is 16.3. The van der Waals surface area contributed by atoms with E-state index in [1.807, 2.05) is 0 Å². The molecule has 2 aliphatic heterocycles. The summed E-state index contributed by atoms with van der Waals surface area (Å²) in [6, 6.07) is 0. The van der Waals surface area contributed by atoms with Crippen LogP contribution in [0.4, 0.5) is 0 Å². The molecule has 19 heavy (non-hydrogen) atoms. The van der Waals surface area contributed by atoms with Gasteiger partial charge in [-0.3, -0.25) is 0 Å². The minimum Gasteiger partial charge on any atom is -0.394 e. The lowest BCUT2D eigenvalue weighted by Crippen LogP contribution is -2.34. The predicted octanol–water partition coefficient (Wildman–Crippen LogP) is 1.14. The van der Waals surface area contributed by atoms with Crippen molar-refractivity contribution in [2.75, 3.05) is 39.4 Å². The van der Waals surface area contributed by atoms with Crippen molar-refractivity contribution in [3.63, 3.8) is 0 Å². The van der Waals surface area contributed by atoms with E-state index in [9.17, 15) is 5.11 Å². The van der Waals surface area contributed by atoms with Crippen LogP contribution in [0.25, 0.3) is 0 Å². The van der Waals surface area contributed by atoms with Crippen LogP contribution in [0.2, 0.25) is 0 Å². The summed E-state index contributed by atoms with van der Waals surface area (Å²) in [6.07, 6.45) is 7.34. The summed E-state index contributed by atoms with van der Waals surface area (Å²) in [6.45, 7) is 5.52. The molecule has 2 saturated heterocycles. The zero-order valence-corrected chi connectivity index (χ0v) is 12.1. The van der Waals surface area contributed by atoms with Crippen LogP contribution in [0.3, 0.4) is 0 Å². The topological polar surface area (TPSA) is 53.5 Å². The Hall–Kier alpha value is -0.160. The van der Waals surface area contributed by atoms with E-state index in [-0.39, 0.29) is 12.7 Å². The molecule has 4 heteroatoms. The van der Waals surface area contributed by atoms with Gasteiger partial charge in [0.25, 0.3) is 0 Å². The Labute approximate surface area is 117 Å². The van der Waals surface area contributed by atoms with Crippen LogP contribution in [-0.2, 0) is 4.74 Å². The lowest BCUT2D eigenvalue weighted by Gasteiger charge is -2.27. The van der Waals surface area contributed by atoms with Crippen LogP contribution in [0.1, 0.15) is 38.5 Å². The van der Waals surface area contributed by atoms with E-state index in [4.69, 9.17) is 4.74 Å². The van der Waals surface area contributed by atoms with Crippen molar-refractivity contribution in [3.8, 4) is 0 Å². The van der Waals surface area contributed by atoms with Gasteiger partial charge in [-0.2, -0.15) is 0 Å². The summed E-state index contributed by atoms with van der Waals surface area (Å²) in [5.74, 6) is 1.45. The van der Waals surface area contributed by atoms with Crippen molar-refractivity contribution < 1.29 is 9.84 Å². The molecule has 2 rings (SSSR count). The summed E-state index contributed by atoms with van der Waals surface area (Å²) in [7, 11) is 0. The molecule has 2 aliphatic rings. The molecule has 4 nitrogen and oxygen atoms in total. The highest BCUT2D eigenvalue weighted by atomic mass is 16.5. The number of rotatable bonds is 7. The van der Waals surface area contributed by atoms with Gasteiger partial charge in [-0.25, -0.2) is 0 Å². The van der Waals surface area contributed by atoms with Gasteiger partial charge in [0.2, 0.25) is 0 Å². The van der Waals surface area contributed by atoms with E-state index in [1.54, 1.807) is 0 Å². The van der Waals surface area contributed by atoms with Crippen molar-refractivity contribution in [2.45, 2.75) is 44.6 Å². The molecule has 3 atom stereocenters. The first-order chi connectivity index (χ1) is 9.38. The zero-order valence-electron chi connectivity index (χ0n) is 12.1. The van der Waals surface area contributed by atoms with E-state index in [0.29, 0.717) is 5.92 Å². The number of piperidine rings is 2. The molecule has 3 unspecified atom stereocenters. The summed E-state index contributed by atoms with van der Waals surface area (Å²) >= 11 is 0. The highest BCUT2D eigenvalue weighted by molar-refractivity contribution is 4.73. The fourth-order valence-corrected chi connectivity index (χ4v) is 3.26. The van der Waals surface area contributed by atoms with Crippen molar-refractivity contribution in [1.29, 1.82) is 0 Å². The van der Waals surface area contributed by atoms with Crippen molar-refractivity contribution in [2.24, 2.45) is 11.8 Å². The van der Waals surface area contributed by atoms with Gasteiger partial charge in [0.1, 0.15) is 0 Å². The third-order valence-corrected chi connectivity index (χ3v) is 4.48. The van der Waals surface area contributed by atoms with Gasteiger partial charge < -0.3 is 20.5 Å². The van der Waals surface area contributed by atoms with E-state index >= 15 is 0 Å². The minimum atomic E-state index is 0.0430. The van der Waals surface area contributed by atoms with E-state index < -0.39 is 0 Å². The summed E-state index contributed by atoms with van der Waals surface area (Å²) < 4.78 is 5.89. The Morgan fingerprint density at radius 2 is 1.74 bits per heavy atom. The zero-order chi connectivity index (χ0) is 13.3. The minimum absolute atomic E-state index is 0.0430. The SMILES string of the molecule is OCC(CC1CCCNC1)OCCC1CCCNC1. The van der Waals surface area contributed by atoms with Gasteiger partial charge in [-0.1, -0.05) is 0 Å². The number of nitrogens with one attached hydrogen (secondary N) is 2. The predicted molar refractivity (Wildman–Crippen MR) is 77.2 cm³/mol. The number of ether oxygens (including phenoxy) is 1. The number of aliphatic hydroxyl groups excluding tert-OH is 1. The Bertz CT molecular complexity index is 226. The summed E-state index contributed by atoms with van der Waals surface area (Å²) in [4.78, 5) is 0. The molecule has 3 N–H and O–H groups in total. The standard InChI is InChI=1S/C15H30N2O2/c18-12-15(9-14-4-2-7-17-11-14)19-8-5-13-3-1-6-16-10-13/h13-18H,1-12H2. The second-order valence-corrected chi connectivity index (χ2v) is 6.12. The third kappa shape index (κ3) is 5.78. The molecule has 0 aromatic rings. The Morgan fingerprint density at radius 1 is 1.05 bits per heavy atom. The molecule has 0 amide bonds. The van der Waals surface area contributed by atoms with Crippen molar-refractivity contribution in [3.05, 3.63) is 0 Å². The maximum atomic E-state index is 9.44. The molecule has 2 heterocycles. The molecule has 0 saturated carbocycles.